The molecule has 0 aromatic heterocycles. The Hall–Kier alpha value is -0.403. The largest absolute Gasteiger partial charge is 0.251 e. The highest BCUT2D eigenvalue weighted by atomic mass is 28.3. The molecule has 0 aliphatic heterocycles. The Morgan fingerprint density at radius 1 is 1.17 bits per heavy atom. The second-order valence-corrected chi connectivity index (χ2v) is 5.88. The van der Waals surface area contributed by atoms with Gasteiger partial charge in [0.05, 0.1) is 0 Å². The van der Waals surface area contributed by atoms with E-state index in [1.165, 1.54) is 37.8 Å². The third-order valence-electron chi connectivity index (χ3n) is 2.02. The normalized spacial score (nSPS) is 9.92. The van der Waals surface area contributed by atoms with Gasteiger partial charge in [-0.25, -0.2) is 4.79 Å². The Balaban J connectivity index is 3.61. The van der Waals surface area contributed by atoms with Crippen LogP contribution in [0.25, 0.3) is 0 Å². The number of isocyanates is 1. The summed E-state index contributed by atoms with van der Waals surface area (Å²) in [7, 11) is -1.07. The molecule has 0 aromatic carbocycles. The van der Waals surface area contributed by atoms with E-state index in [9.17, 15) is 4.79 Å². The molecule has 0 aliphatic carbocycles. The zero-order valence-electron chi connectivity index (χ0n) is 8.18. The van der Waals surface area contributed by atoms with E-state index in [1.807, 2.05) is 0 Å². The summed E-state index contributed by atoms with van der Waals surface area (Å²) in [5, 5.41) is 0. The number of carbonyl (C=O) groups excluding carboxylic acids is 1. The predicted octanol–water partition coefficient (Wildman–Crippen LogP) is 2.65. The topological polar surface area (TPSA) is 29.4 Å². The molecule has 0 amide bonds. The average molecular weight is 185 g/mol. The van der Waals surface area contributed by atoms with E-state index >= 15 is 0 Å². The molecule has 0 saturated heterocycles. The minimum Gasteiger partial charge on any atom is -0.251 e. The maximum atomic E-state index is 10.1. The molecular formula is C9H19NOSi. The molecule has 0 atom stereocenters. The number of nitrogens with zero attached hydrogens (tertiary/aromatic N) is 1. The van der Waals surface area contributed by atoms with Crippen molar-refractivity contribution in [3.8, 4) is 0 Å². The van der Waals surface area contributed by atoms with Gasteiger partial charge in [0.2, 0.25) is 6.08 Å². The van der Waals surface area contributed by atoms with E-state index in [4.69, 9.17) is 0 Å². The van der Waals surface area contributed by atoms with Gasteiger partial charge < -0.3 is 0 Å². The molecule has 0 N–H and O–H groups in total. The average Bonchev–Trinajstić information content (AvgIpc) is 2.10. The summed E-state index contributed by atoms with van der Waals surface area (Å²) in [5.74, 6) is 0. The van der Waals surface area contributed by atoms with Gasteiger partial charge in [0.25, 0.3) is 0 Å². The Kier molecular flexibility index (Phi) is 8.40. The van der Waals surface area contributed by atoms with Crippen molar-refractivity contribution in [3.05, 3.63) is 0 Å². The molecule has 0 saturated carbocycles. The fraction of sp³-hybridized carbons (Fsp3) is 0.889. The van der Waals surface area contributed by atoms with Crippen molar-refractivity contribution in [2.45, 2.75) is 51.6 Å². The monoisotopic (exact) mass is 185 g/mol. The zero-order chi connectivity index (χ0) is 9.23. The maximum absolute atomic E-state index is 10.1. The Bertz CT molecular complexity index is 135. The first-order valence-corrected chi connectivity index (χ1v) is 7.07. The van der Waals surface area contributed by atoms with Crippen molar-refractivity contribution < 1.29 is 4.79 Å². The van der Waals surface area contributed by atoms with E-state index in [0.29, 0.717) is 0 Å². The standard InChI is InChI=1S/C9H19NOSi/c1-3-5-7-12(10-9-11)8-6-4-2/h12H,3-8H2,1-2H3. The fourth-order valence-corrected chi connectivity index (χ4v) is 3.68. The van der Waals surface area contributed by atoms with Crippen molar-refractivity contribution >= 4 is 15.0 Å². The van der Waals surface area contributed by atoms with Crippen LogP contribution in [0.1, 0.15) is 39.5 Å². The zero-order valence-corrected chi connectivity index (χ0v) is 9.33. The van der Waals surface area contributed by atoms with Crippen LogP contribution < -0.4 is 0 Å². The first kappa shape index (κ1) is 11.6. The third-order valence-corrected chi connectivity index (χ3v) is 4.64. The van der Waals surface area contributed by atoms with Gasteiger partial charge in [-0.3, -0.25) is 4.66 Å². The van der Waals surface area contributed by atoms with E-state index in [1.54, 1.807) is 6.08 Å². The second-order valence-electron chi connectivity index (χ2n) is 3.16. The number of unbranched alkanes of at least 4 members (excludes halogenated alkanes) is 2. The summed E-state index contributed by atoms with van der Waals surface area (Å²) in [5.41, 5.74) is 0. The molecule has 0 fully saturated rings. The van der Waals surface area contributed by atoms with E-state index < -0.39 is 8.96 Å². The number of rotatable bonds is 7. The van der Waals surface area contributed by atoms with Crippen LogP contribution in [0.2, 0.25) is 12.1 Å². The highest BCUT2D eigenvalue weighted by Crippen LogP contribution is 2.09. The summed E-state index contributed by atoms with van der Waals surface area (Å²) in [6.45, 7) is 4.35. The van der Waals surface area contributed by atoms with E-state index in [0.717, 1.165) is 0 Å². The van der Waals surface area contributed by atoms with Crippen LogP contribution in [0.15, 0.2) is 4.66 Å². The molecule has 0 radical (unpaired) electrons. The number of hydrogen-bond acceptors (Lipinski definition) is 2. The van der Waals surface area contributed by atoms with Gasteiger partial charge in [-0.05, 0) is 12.1 Å². The molecule has 0 spiro atoms. The highest BCUT2D eigenvalue weighted by Gasteiger charge is 2.07. The van der Waals surface area contributed by atoms with E-state index in [-0.39, 0.29) is 0 Å². The van der Waals surface area contributed by atoms with Crippen molar-refractivity contribution in [1.82, 2.24) is 0 Å². The second kappa shape index (κ2) is 8.69. The molecule has 12 heavy (non-hydrogen) atoms. The Morgan fingerprint density at radius 3 is 2.00 bits per heavy atom. The van der Waals surface area contributed by atoms with Crippen LogP contribution in [-0.4, -0.2) is 15.0 Å². The lowest BCUT2D eigenvalue weighted by Gasteiger charge is -2.05. The fourth-order valence-electron chi connectivity index (χ4n) is 1.23. The van der Waals surface area contributed by atoms with Gasteiger partial charge in [-0.2, -0.15) is 0 Å². The summed E-state index contributed by atoms with van der Waals surface area (Å²) < 4.78 is 3.93. The molecule has 0 aliphatic rings. The molecule has 0 bridgehead atoms. The summed E-state index contributed by atoms with van der Waals surface area (Å²) in [4.78, 5) is 10.1. The van der Waals surface area contributed by atoms with Gasteiger partial charge in [-0.15, -0.1) is 0 Å². The van der Waals surface area contributed by atoms with Crippen LogP contribution >= 0.6 is 0 Å². The first-order chi connectivity index (χ1) is 5.85. The lowest BCUT2D eigenvalue weighted by Crippen LogP contribution is -2.08. The Labute approximate surface area is 76.8 Å². The highest BCUT2D eigenvalue weighted by molar-refractivity contribution is 6.57. The van der Waals surface area contributed by atoms with Gasteiger partial charge in [0, 0.05) is 0 Å². The molecule has 0 aromatic rings. The van der Waals surface area contributed by atoms with Crippen LogP contribution in [-0.2, 0) is 4.79 Å². The van der Waals surface area contributed by atoms with E-state index in [2.05, 4.69) is 18.5 Å². The predicted molar refractivity (Wildman–Crippen MR) is 54.7 cm³/mol. The minimum absolute atomic E-state index is 1.07. The van der Waals surface area contributed by atoms with Crippen LogP contribution in [0, 0.1) is 0 Å². The first-order valence-electron chi connectivity index (χ1n) is 4.92. The molecular weight excluding hydrogens is 166 g/mol. The smallest absolute Gasteiger partial charge is 0.224 e. The minimum atomic E-state index is -1.07. The van der Waals surface area contributed by atoms with Crippen LogP contribution in [0.4, 0.5) is 0 Å². The maximum Gasteiger partial charge on any atom is 0.224 e. The molecule has 2 nitrogen and oxygen atoms in total. The quantitative estimate of drug-likeness (QED) is 0.340. The van der Waals surface area contributed by atoms with Crippen molar-refractivity contribution in [2.24, 2.45) is 4.66 Å². The summed E-state index contributed by atoms with van der Waals surface area (Å²) in [6, 6.07) is 2.37. The summed E-state index contributed by atoms with van der Waals surface area (Å²) >= 11 is 0. The van der Waals surface area contributed by atoms with Crippen molar-refractivity contribution in [1.29, 1.82) is 0 Å². The summed E-state index contributed by atoms with van der Waals surface area (Å²) in [6.07, 6.45) is 6.60. The van der Waals surface area contributed by atoms with Gasteiger partial charge in [0.15, 0.2) is 8.96 Å². The van der Waals surface area contributed by atoms with Gasteiger partial charge >= 0.3 is 0 Å². The molecule has 0 unspecified atom stereocenters. The SMILES string of the molecule is CCCC[SiH](CCCC)N=C=O. The molecule has 0 rings (SSSR count). The number of hydrogen-bond donors (Lipinski definition) is 0. The van der Waals surface area contributed by atoms with Crippen LogP contribution in [0.5, 0.6) is 0 Å². The lowest BCUT2D eigenvalue weighted by molar-refractivity contribution is 0.565. The van der Waals surface area contributed by atoms with Crippen molar-refractivity contribution in [3.63, 3.8) is 0 Å². The molecule has 0 heterocycles. The van der Waals surface area contributed by atoms with Crippen LogP contribution in [0.3, 0.4) is 0 Å². The lowest BCUT2D eigenvalue weighted by atomic mass is 10.4. The molecule has 3 heteroatoms. The van der Waals surface area contributed by atoms with Gasteiger partial charge in [-0.1, -0.05) is 39.5 Å². The van der Waals surface area contributed by atoms with Gasteiger partial charge in [0.1, 0.15) is 0 Å². The Morgan fingerprint density at radius 2 is 1.67 bits per heavy atom. The van der Waals surface area contributed by atoms with Crippen molar-refractivity contribution in [2.75, 3.05) is 0 Å². The third kappa shape index (κ3) is 6.32. The molecule has 70 valence electrons.